The maximum atomic E-state index is 12.2. The van der Waals surface area contributed by atoms with Gasteiger partial charge < -0.3 is 20.8 Å². The molecule has 1 atom stereocenters. The van der Waals surface area contributed by atoms with Crippen LogP contribution in [-0.2, 0) is 0 Å². The quantitative estimate of drug-likeness (QED) is 0.470. The first-order valence-corrected chi connectivity index (χ1v) is 9.93. The Morgan fingerprint density at radius 1 is 1.13 bits per heavy atom. The monoisotopic (exact) mass is 399 g/mol. The molecule has 4 aromatic rings. The van der Waals surface area contributed by atoms with Gasteiger partial charge in [-0.1, -0.05) is 37.3 Å². The molecule has 0 spiro atoms. The minimum absolute atomic E-state index is 0.147. The first-order chi connectivity index (χ1) is 14.7. The van der Waals surface area contributed by atoms with E-state index in [1.165, 1.54) is 0 Å². The molecule has 5 rings (SSSR count). The second kappa shape index (κ2) is 7.18. The lowest BCUT2D eigenvalue weighted by atomic mass is 9.95. The zero-order chi connectivity index (χ0) is 20.7. The van der Waals surface area contributed by atoms with E-state index in [-0.39, 0.29) is 11.7 Å². The summed E-state index contributed by atoms with van der Waals surface area (Å²) in [6.45, 7) is 2.77. The topological polar surface area (TPSA) is 106 Å². The fourth-order valence-electron chi connectivity index (χ4n) is 4.00. The van der Waals surface area contributed by atoms with Crippen molar-refractivity contribution in [3.8, 4) is 16.9 Å². The van der Waals surface area contributed by atoms with Crippen LogP contribution in [0.15, 0.2) is 54.7 Å². The largest absolute Gasteiger partial charge is 0.494 e. The number of nitrogens with two attached hydrogens (primary N) is 1. The Bertz CT molecular complexity index is 1250. The van der Waals surface area contributed by atoms with Crippen LogP contribution < -0.4 is 15.8 Å². The van der Waals surface area contributed by atoms with Crippen molar-refractivity contribution in [2.75, 3.05) is 11.9 Å². The highest BCUT2D eigenvalue weighted by Gasteiger charge is 2.29. The lowest BCUT2D eigenvalue weighted by Gasteiger charge is -2.20. The number of benzene rings is 2. The number of rotatable bonds is 5. The van der Waals surface area contributed by atoms with Gasteiger partial charge in [0.1, 0.15) is 5.75 Å². The third-order valence-electron chi connectivity index (χ3n) is 5.35. The molecule has 0 saturated carbocycles. The summed E-state index contributed by atoms with van der Waals surface area (Å²) in [6, 6.07) is 15.8. The molecule has 7 nitrogen and oxygen atoms in total. The van der Waals surface area contributed by atoms with Crippen LogP contribution >= 0.6 is 0 Å². The summed E-state index contributed by atoms with van der Waals surface area (Å²) in [4.78, 5) is 15.3. The molecule has 150 valence electrons. The number of para-hydroxylation sites is 1. The van der Waals surface area contributed by atoms with Crippen molar-refractivity contribution in [2.24, 2.45) is 5.73 Å². The van der Waals surface area contributed by atoms with Gasteiger partial charge in [0.25, 0.3) is 5.91 Å². The second-order valence-corrected chi connectivity index (χ2v) is 7.30. The number of hydrogen-bond donors (Lipinski definition) is 3. The molecule has 7 heteroatoms. The van der Waals surface area contributed by atoms with Crippen molar-refractivity contribution in [2.45, 2.75) is 19.4 Å². The third kappa shape index (κ3) is 2.86. The fourth-order valence-corrected chi connectivity index (χ4v) is 4.00. The molecule has 0 bridgehead atoms. The Kier molecular flexibility index (Phi) is 4.35. The van der Waals surface area contributed by atoms with Crippen molar-refractivity contribution in [3.05, 3.63) is 71.5 Å². The van der Waals surface area contributed by atoms with Crippen LogP contribution in [0.1, 0.15) is 41.0 Å². The minimum Gasteiger partial charge on any atom is -0.494 e. The van der Waals surface area contributed by atoms with Crippen molar-refractivity contribution >= 4 is 22.6 Å². The van der Waals surface area contributed by atoms with E-state index in [2.05, 4.69) is 39.6 Å². The summed E-state index contributed by atoms with van der Waals surface area (Å²) in [7, 11) is 0. The number of aromatic amines is 1. The van der Waals surface area contributed by atoms with Crippen LogP contribution in [0.25, 0.3) is 22.2 Å². The minimum atomic E-state index is -0.600. The Morgan fingerprint density at radius 3 is 2.70 bits per heavy atom. The van der Waals surface area contributed by atoms with Gasteiger partial charge in [-0.3, -0.25) is 4.79 Å². The fraction of sp³-hybridized carbons (Fsp3) is 0.174. The summed E-state index contributed by atoms with van der Waals surface area (Å²) >= 11 is 0. The van der Waals surface area contributed by atoms with E-state index in [4.69, 9.17) is 10.5 Å². The first-order valence-electron chi connectivity index (χ1n) is 9.93. The molecule has 1 amide bonds. The molecule has 0 radical (unpaired) electrons. The highest BCUT2D eigenvalue weighted by Crippen LogP contribution is 2.44. The van der Waals surface area contributed by atoms with Gasteiger partial charge >= 0.3 is 0 Å². The predicted octanol–water partition coefficient (Wildman–Crippen LogP) is 4.03. The number of carbonyl (C=O) groups excluding carboxylic acids is 1. The Balaban J connectivity index is 1.72. The number of anilines is 1. The Morgan fingerprint density at radius 2 is 1.93 bits per heavy atom. The van der Waals surface area contributed by atoms with Gasteiger partial charge in [-0.2, -0.15) is 0 Å². The van der Waals surface area contributed by atoms with E-state index in [1.807, 2.05) is 42.6 Å². The van der Waals surface area contributed by atoms with E-state index in [0.717, 1.165) is 39.9 Å². The molecule has 0 fully saturated rings. The van der Waals surface area contributed by atoms with Crippen LogP contribution in [0.2, 0.25) is 0 Å². The molecule has 0 saturated heterocycles. The molecule has 1 aliphatic heterocycles. The van der Waals surface area contributed by atoms with Gasteiger partial charge in [-0.05, 0) is 30.2 Å². The predicted molar refractivity (Wildman–Crippen MR) is 116 cm³/mol. The number of H-pyrrole nitrogens is 1. The van der Waals surface area contributed by atoms with E-state index in [0.29, 0.717) is 17.8 Å². The maximum absolute atomic E-state index is 12.2. The zero-order valence-corrected chi connectivity index (χ0v) is 16.5. The molecular formula is C23H21N5O2. The number of nitrogens with one attached hydrogen (secondary N) is 2. The van der Waals surface area contributed by atoms with E-state index >= 15 is 0 Å². The molecule has 2 aromatic heterocycles. The number of hydrogen-bond acceptors (Lipinski definition) is 5. The number of carbonyl (C=O) groups is 1. The lowest BCUT2D eigenvalue weighted by molar-refractivity contribution is 0.0995. The molecule has 2 aromatic carbocycles. The second-order valence-electron chi connectivity index (χ2n) is 7.30. The van der Waals surface area contributed by atoms with Crippen molar-refractivity contribution in [3.63, 3.8) is 0 Å². The average Bonchev–Trinajstić information content (AvgIpc) is 3.13. The van der Waals surface area contributed by atoms with Crippen LogP contribution in [-0.4, -0.2) is 27.7 Å². The third-order valence-corrected chi connectivity index (χ3v) is 5.35. The van der Waals surface area contributed by atoms with E-state index in [9.17, 15) is 4.79 Å². The molecule has 30 heavy (non-hydrogen) atoms. The average molecular weight is 399 g/mol. The van der Waals surface area contributed by atoms with Crippen LogP contribution in [0.3, 0.4) is 0 Å². The lowest BCUT2D eigenvalue weighted by Crippen LogP contribution is -2.15. The van der Waals surface area contributed by atoms with Crippen molar-refractivity contribution < 1.29 is 9.53 Å². The van der Waals surface area contributed by atoms with E-state index in [1.54, 1.807) is 0 Å². The molecular weight excluding hydrogens is 378 g/mol. The summed E-state index contributed by atoms with van der Waals surface area (Å²) in [5.41, 5.74) is 11.0. The molecule has 0 aliphatic carbocycles. The van der Waals surface area contributed by atoms with Gasteiger partial charge in [0, 0.05) is 34.0 Å². The number of primary amides is 1. The number of aromatic nitrogens is 3. The number of fused-ring (bicyclic) bond motifs is 2. The molecule has 1 unspecified atom stereocenters. The van der Waals surface area contributed by atoms with Crippen molar-refractivity contribution in [1.29, 1.82) is 0 Å². The molecule has 1 aliphatic rings. The normalized spacial score (nSPS) is 14.6. The summed E-state index contributed by atoms with van der Waals surface area (Å²) in [6.07, 6.45) is 2.88. The van der Waals surface area contributed by atoms with Crippen LogP contribution in [0, 0.1) is 0 Å². The zero-order valence-electron chi connectivity index (χ0n) is 16.5. The molecule has 4 N–H and O–H groups in total. The smallest absolute Gasteiger partial charge is 0.269 e. The maximum Gasteiger partial charge on any atom is 0.269 e. The Hall–Kier alpha value is -3.87. The summed E-state index contributed by atoms with van der Waals surface area (Å²) in [5, 5.41) is 12.8. The Labute approximate surface area is 173 Å². The molecule has 3 heterocycles. The number of nitrogens with zero attached hydrogens (tertiary/aromatic N) is 2. The van der Waals surface area contributed by atoms with Gasteiger partial charge in [-0.15, -0.1) is 10.2 Å². The van der Waals surface area contributed by atoms with Gasteiger partial charge in [0.05, 0.1) is 12.6 Å². The van der Waals surface area contributed by atoms with Crippen LogP contribution in [0.4, 0.5) is 5.69 Å². The van der Waals surface area contributed by atoms with Crippen LogP contribution in [0.5, 0.6) is 5.75 Å². The van der Waals surface area contributed by atoms with Gasteiger partial charge in [0.15, 0.2) is 11.3 Å². The van der Waals surface area contributed by atoms with E-state index < -0.39 is 5.91 Å². The highest BCUT2D eigenvalue weighted by atomic mass is 16.5. The number of ether oxygens (including phenoxy) is 1. The van der Waals surface area contributed by atoms with Gasteiger partial charge in [0.2, 0.25) is 0 Å². The number of amides is 1. The summed E-state index contributed by atoms with van der Waals surface area (Å²) < 4.78 is 5.72. The SMILES string of the molecule is CCCOc1ccc(C2Nc3ccccc3-c3c(C(N)=O)nnc4[nH]cc2c34)cc1. The summed E-state index contributed by atoms with van der Waals surface area (Å²) in [5.74, 6) is 0.244. The highest BCUT2D eigenvalue weighted by molar-refractivity contribution is 6.10. The van der Waals surface area contributed by atoms with Gasteiger partial charge in [-0.25, -0.2) is 0 Å². The van der Waals surface area contributed by atoms with Crippen molar-refractivity contribution in [1.82, 2.24) is 15.2 Å². The first kappa shape index (κ1) is 18.2. The standard InChI is InChI=1S/C23H21N5O2/c1-2-11-30-14-9-7-13(8-10-14)20-16-12-25-23-19(16)18(21(22(24)29)27-28-23)15-5-3-4-6-17(15)26-20/h3-10,12,20,26H,2,11H2,1H3,(H2,24,29)(H,25,28).